The van der Waals surface area contributed by atoms with E-state index in [4.69, 9.17) is 0 Å². The van der Waals surface area contributed by atoms with Gasteiger partial charge in [-0.25, -0.2) is 0 Å². The maximum atomic E-state index is 11.8. The van der Waals surface area contributed by atoms with E-state index in [1.807, 2.05) is 0 Å². The van der Waals surface area contributed by atoms with Crippen molar-refractivity contribution in [3.63, 3.8) is 0 Å². The number of nitrogens with one attached hydrogen (secondary N) is 1. The van der Waals surface area contributed by atoms with Crippen LogP contribution in [-0.4, -0.2) is 21.3 Å². The number of nitrogens with zero attached hydrogens (tertiary/aromatic N) is 1. The summed E-state index contributed by atoms with van der Waals surface area (Å²) in [6.45, 7) is 0. The minimum absolute atomic E-state index is 0.00000262. The molecule has 0 heterocycles. The smallest absolute Gasteiger partial charge is 0.269 e. The normalized spacial score (nSPS) is 12.0. The molecule has 6 nitrogen and oxygen atoms in total. The Bertz CT molecular complexity index is 768. The van der Waals surface area contributed by atoms with Crippen LogP contribution in [0.2, 0.25) is 0 Å². The van der Waals surface area contributed by atoms with Gasteiger partial charge in [0.05, 0.1) is 4.92 Å². The molecule has 1 atom stereocenters. The average molecular weight is 330 g/mol. The predicted octanol–water partition coefficient (Wildman–Crippen LogP) is 2.98. The first-order valence-corrected chi connectivity index (χ1v) is 8.18. The van der Waals surface area contributed by atoms with Crippen LogP contribution in [0.3, 0.4) is 0 Å². The van der Waals surface area contributed by atoms with Gasteiger partial charge in [0, 0.05) is 45.8 Å². The van der Waals surface area contributed by atoms with Crippen molar-refractivity contribution in [1.29, 1.82) is 0 Å². The summed E-state index contributed by atoms with van der Waals surface area (Å²) in [4.78, 5) is 22.6. The zero-order valence-corrected chi connectivity index (χ0v) is 13.1. The molecule has 2 aromatic carbocycles. The molecule has 0 saturated heterocycles. The molecule has 2 rings (SSSR count). The zero-order chi connectivity index (χ0) is 16.8. The Morgan fingerprint density at radius 2 is 1.74 bits per heavy atom. The van der Waals surface area contributed by atoms with Crippen molar-refractivity contribution in [1.82, 2.24) is 0 Å². The number of benzene rings is 2. The second kappa shape index (κ2) is 7.46. The van der Waals surface area contributed by atoms with Crippen LogP contribution in [0.1, 0.15) is 5.56 Å². The molecule has 0 aliphatic rings. The van der Waals surface area contributed by atoms with Crippen molar-refractivity contribution in [2.45, 2.75) is 4.90 Å². The number of amides is 1. The molecule has 1 N–H and O–H groups in total. The van der Waals surface area contributed by atoms with Crippen molar-refractivity contribution in [3.8, 4) is 0 Å². The van der Waals surface area contributed by atoms with E-state index in [0.29, 0.717) is 16.1 Å². The Morgan fingerprint density at radius 1 is 1.13 bits per heavy atom. The molecule has 2 aromatic rings. The van der Waals surface area contributed by atoms with E-state index >= 15 is 0 Å². The lowest BCUT2D eigenvalue weighted by molar-refractivity contribution is -0.384. The average Bonchev–Trinajstić information content (AvgIpc) is 2.54. The lowest BCUT2D eigenvalue weighted by Crippen LogP contribution is -2.07. The van der Waals surface area contributed by atoms with E-state index in [2.05, 4.69) is 5.32 Å². The molecular formula is C16H14N2O4S. The van der Waals surface area contributed by atoms with E-state index in [9.17, 15) is 19.1 Å². The molecule has 118 valence electrons. The standard InChI is InChI=1S/C16H14N2O4S/c1-23(22)15-9-5-13(6-10-15)17-16(19)11-4-12-2-7-14(8-3-12)18(20)21/h2-11H,1H3,(H,17,19)/b11-4-/t23-/m0/s1. The number of nitro groups is 1. The maximum Gasteiger partial charge on any atom is 0.269 e. The minimum Gasteiger partial charge on any atom is -0.323 e. The second-order valence-electron chi connectivity index (χ2n) is 4.65. The number of nitro benzene ring substituents is 1. The first kappa shape index (κ1) is 16.6. The van der Waals surface area contributed by atoms with Crippen molar-refractivity contribution in [3.05, 3.63) is 70.3 Å². The lowest BCUT2D eigenvalue weighted by Gasteiger charge is -2.03. The summed E-state index contributed by atoms with van der Waals surface area (Å²) in [5.41, 5.74) is 1.28. The van der Waals surface area contributed by atoms with Crippen molar-refractivity contribution >= 4 is 34.2 Å². The first-order valence-electron chi connectivity index (χ1n) is 6.63. The number of hydrogen-bond donors (Lipinski definition) is 1. The zero-order valence-electron chi connectivity index (χ0n) is 12.3. The number of hydrogen-bond acceptors (Lipinski definition) is 4. The number of carbonyl (C=O) groups excluding carboxylic acids is 1. The predicted molar refractivity (Wildman–Crippen MR) is 89.5 cm³/mol. The molecule has 0 unspecified atom stereocenters. The van der Waals surface area contributed by atoms with Gasteiger partial charge in [-0.05, 0) is 48.0 Å². The van der Waals surface area contributed by atoms with Gasteiger partial charge in [-0.15, -0.1) is 0 Å². The van der Waals surface area contributed by atoms with Crippen LogP contribution in [-0.2, 0) is 15.6 Å². The molecule has 0 bridgehead atoms. The summed E-state index contributed by atoms with van der Waals surface area (Å²) < 4.78 is 11.3. The number of rotatable bonds is 5. The fourth-order valence-electron chi connectivity index (χ4n) is 1.79. The van der Waals surface area contributed by atoms with Crippen LogP contribution in [0.15, 0.2) is 59.5 Å². The topological polar surface area (TPSA) is 89.3 Å². The van der Waals surface area contributed by atoms with E-state index in [0.717, 1.165) is 0 Å². The number of carbonyl (C=O) groups is 1. The highest BCUT2D eigenvalue weighted by molar-refractivity contribution is 7.84. The summed E-state index contributed by atoms with van der Waals surface area (Å²) in [5.74, 6) is -0.325. The molecule has 0 aliphatic heterocycles. The lowest BCUT2D eigenvalue weighted by atomic mass is 10.2. The van der Waals surface area contributed by atoms with Crippen LogP contribution < -0.4 is 5.32 Å². The van der Waals surface area contributed by atoms with Gasteiger partial charge in [0.2, 0.25) is 5.91 Å². The Morgan fingerprint density at radius 3 is 2.26 bits per heavy atom. The molecule has 0 aliphatic carbocycles. The summed E-state index contributed by atoms with van der Waals surface area (Å²) >= 11 is 0. The van der Waals surface area contributed by atoms with Gasteiger partial charge >= 0.3 is 0 Å². The quantitative estimate of drug-likeness (QED) is 0.518. The molecular weight excluding hydrogens is 316 g/mol. The first-order chi connectivity index (χ1) is 11.0. The molecule has 1 amide bonds. The van der Waals surface area contributed by atoms with Crippen LogP contribution >= 0.6 is 0 Å². The molecule has 23 heavy (non-hydrogen) atoms. The molecule has 0 saturated carbocycles. The Labute approximate surface area is 135 Å². The van der Waals surface area contributed by atoms with E-state index in [1.165, 1.54) is 18.2 Å². The van der Waals surface area contributed by atoms with Gasteiger partial charge in [-0.1, -0.05) is 0 Å². The van der Waals surface area contributed by atoms with Crippen molar-refractivity contribution < 1.29 is 13.9 Å². The Balaban J connectivity index is 1.98. The SMILES string of the molecule is C[S@](=O)c1ccc(NC(=O)/C=C\c2ccc([N+](=O)[O-])cc2)cc1. The number of non-ortho nitro benzene ring substituents is 1. The number of anilines is 1. The fraction of sp³-hybridized carbons (Fsp3) is 0.0625. The molecule has 0 aromatic heterocycles. The Hall–Kier alpha value is -2.80. The van der Waals surface area contributed by atoms with Crippen LogP contribution in [0.25, 0.3) is 6.08 Å². The maximum absolute atomic E-state index is 11.8. The molecule has 0 spiro atoms. The highest BCUT2D eigenvalue weighted by Gasteiger charge is 2.03. The summed E-state index contributed by atoms with van der Waals surface area (Å²) in [6, 6.07) is 12.6. The summed E-state index contributed by atoms with van der Waals surface area (Å²) in [7, 11) is -1.06. The fourth-order valence-corrected chi connectivity index (χ4v) is 2.31. The second-order valence-corrected chi connectivity index (χ2v) is 6.03. The van der Waals surface area contributed by atoms with Crippen LogP contribution in [0.4, 0.5) is 11.4 Å². The third-order valence-electron chi connectivity index (χ3n) is 2.98. The van der Waals surface area contributed by atoms with E-state index in [-0.39, 0.29) is 11.6 Å². The summed E-state index contributed by atoms with van der Waals surface area (Å²) in [6.07, 6.45) is 4.49. The molecule has 7 heteroatoms. The molecule has 0 radical (unpaired) electrons. The third kappa shape index (κ3) is 4.86. The van der Waals surface area contributed by atoms with Gasteiger partial charge < -0.3 is 5.32 Å². The monoisotopic (exact) mass is 330 g/mol. The highest BCUT2D eigenvalue weighted by atomic mass is 32.2. The summed E-state index contributed by atoms with van der Waals surface area (Å²) in [5, 5.41) is 13.2. The van der Waals surface area contributed by atoms with Crippen LogP contribution in [0.5, 0.6) is 0 Å². The van der Waals surface area contributed by atoms with E-state index < -0.39 is 15.7 Å². The minimum atomic E-state index is -1.06. The highest BCUT2D eigenvalue weighted by Crippen LogP contribution is 2.14. The van der Waals surface area contributed by atoms with Gasteiger partial charge in [0.15, 0.2) is 0 Å². The van der Waals surface area contributed by atoms with Gasteiger partial charge in [0.1, 0.15) is 0 Å². The van der Waals surface area contributed by atoms with Gasteiger partial charge in [0.25, 0.3) is 5.69 Å². The molecule has 0 fully saturated rings. The Kier molecular flexibility index (Phi) is 5.37. The third-order valence-corrected chi connectivity index (χ3v) is 3.92. The van der Waals surface area contributed by atoms with Gasteiger partial charge in [-0.2, -0.15) is 0 Å². The van der Waals surface area contributed by atoms with Crippen LogP contribution in [0, 0.1) is 10.1 Å². The van der Waals surface area contributed by atoms with Crippen molar-refractivity contribution in [2.75, 3.05) is 11.6 Å². The van der Waals surface area contributed by atoms with Crippen molar-refractivity contribution in [2.24, 2.45) is 0 Å². The largest absolute Gasteiger partial charge is 0.323 e. The van der Waals surface area contributed by atoms with Gasteiger partial charge in [-0.3, -0.25) is 19.1 Å². The van der Waals surface area contributed by atoms with E-state index in [1.54, 1.807) is 48.7 Å².